The molecule has 0 heterocycles. The van der Waals surface area contributed by atoms with Crippen LogP contribution in [-0.4, -0.2) is 39.4 Å². The minimum Gasteiger partial charge on any atom is -0.490 e. The van der Waals surface area contributed by atoms with E-state index in [4.69, 9.17) is 25.8 Å². The molecule has 0 radical (unpaired) electrons. The van der Waals surface area contributed by atoms with E-state index in [0.29, 0.717) is 32.1 Å². The highest BCUT2D eigenvalue weighted by Gasteiger charge is 2.01. The smallest absolute Gasteiger partial charge is 0.135 e. The molecule has 0 saturated carbocycles. The summed E-state index contributed by atoms with van der Waals surface area (Å²) in [5.41, 5.74) is 2.06. The first-order valence-electron chi connectivity index (χ1n) is 7.13. The van der Waals surface area contributed by atoms with E-state index < -0.39 is 0 Å². The predicted molar refractivity (Wildman–Crippen MR) is 86.2 cm³/mol. The van der Waals surface area contributed by atoms with Gasteiger partial charge in [0, 0.05) is 32.6 Å². The van der Waals surface area contributed by atoms with Crippen molar-refractivity contribution in [2.45, 2.75) is 19.8 Å². The van der Waals surface area contributed by atoms with Crippen LogP contribution >= 0.6 is 11.6 Å². The summed E-state index contributed by atoms with van der Waals surface area (Å²) in [6.45, 7) is 4.52. The summed E-state index contributed by atoms with van der Waals surface area (Å²) in [4.78, 5) is 0. The van der Waals surface area contributed by atoms with Crippen LogP contribution in [-0.2, 0) is 9.47 Å². The number of hydrogen-bond acceptors (Lipinski definition) is 3. The second-order valence-corrected chi connectivity index (χ2v) is 4.93. The van der Waals surface area contributed by atoms with E-state index in [9.17, 15) is 0 Å². The maximum absolute atomic E-state index is 5.74. The molecule has 0 unspecified atom stereocenters. The number of ether oxygens (including phenoxy) is 3. The molecule has 0 aromatic heterocycles. The molecule has 3 nitrogen and oxygen atoms in total. The van der Waals surface area contributed by atoms with Gasteiger partial charge in [-0.2, -0.15) is 0 Å². The number of rotatable bonds is 9. The summed E-state index contributed by atoms with van der Waals surface area (Å²) in [6, 6.07) is 5.99. The number of halogens is 1. The summed E-state index contributed by atoms with van der Waals surface area (Å²) in [5.74, 6) is 7.48. The van der Waals surface area contributed by atoms with Crippen LogP contribution in [0.2, 0.25) is 0 Å². The fourth-order valence-corrected chi connectivity index (χ4v) is 1.78. The van der Waals surface area contributed by atoms with Gasteiger partial charge in [0.25, 0.3) is 0 Å². The van der Waals surface area contributed by atoms with Crippen LogP contribution in [0.4, 0.5) is 0 Å². The summed E-state index contributed by atoms with van der Waals surface area (Å²) in [5, 5.41) is 0. The van der Waals surface area contributed by atoms with Crippen molar-refractivity contribution in [1.82, 2.24) is 0 Å². The maximum Gasteiger partial charge on any atom is 0.135 e. The normalized spacial score (nSPS) is 10.0. The molecule has 0 saturated heterocycles. The molecule has 0 amide bonds. The largest absolute Gasteiger partial charge is 0.490 e. The van der Waals surface area contributed by atoms with Crippen LogP contribution in [0.25, 0.3) is 0 Å². The molecule has 1 rings (SSSR count). The van der Waals surface area contributed by atoms with E-state index >= 15 is 0 Å². The van der Waals surface area contributed by atoms with Crippen LogP contribution in [0.5, 0.6) is 5.75 Å². The highest BCUT2D eigenvalue weighted by atomic mass is 35.5. The van der Waals surface area contributed by atoms with Gasteiger partial charge in [0.1, 0.15) is 12.4 Å². The molecule has 4 heteroatoms. The maximum atomic E-state index is 5.74. The van der Waals surface area contributed by atoms with Crippen molar-refractivity contribution in [3.05, 3.63) is 29.3 Å². The Morgan fingerprint density at radius 1 is 1.14 bits per heavy atom. The van der Waals surface area contributed by atoms with E-state index in [1.807, 2.05) is 25.1 Å². The van der Waals surface area contributed by atoms with Crippen LogP contribution in [0.15, 0.2) is 18.2 Å². The third-order valence-corrected chi connectivity index (χ3v) is 2.89. The molecule has 1 aromatic carbocycles. The van der Waals surface area contributed by atoms with Crippen LogP contribution in [0, 0.1) is 18.8 Å². The van der Waals surface area contributed by atoms with Gasteiger partial charge in [0.15, 0.2) is 0 Å². The Hall–Kier alpha value is -1.21. The molecule has 1 aromatic rings. The molecule has 21 heavy (non-hydrogen) atoms. The number of aryl methyl sites for hydroxylation is 1. The first-order chi connectivity index (χ1) is 10.3. The van der Waals surface area contributed by atoms with Crippen molar-refractivity contribution in [2.75, 3.05) is 39.4 Å². The molecular formula is C17H23ClO3. The first kappa shape index (κ1) is 17.8. The van der Waals surface area contributed by atoms with Crippen LogP contribution < -0.4 is 4.74 Å². The number of methoxy groups -OCH3 is 1. The Balaban J connectivity index is 2.42. The van der Waals surface area contributed by atoms with Crippen LogP contribution in [0.3, 0.4) is 0 Å². The Labute approximate surface area is 132 Å². The zero-order valence-electron chi connectivity index (χ0n) is 12.8. The van der Waals surface area contributed by atoms with E-state index in [1.54, 1.807) is 7.11 Å². The molecule has 0 N–H and O–H groups in total. The predicted octanol–water partition coefficient (Wildman–Crippen LogP) is 3.41. The number of benzene rings is 1. The third-order valence-electron chi connectivity index (χ3n) is 2.70. The molecule has 0 atom stereocenters. The lowest BCUT2D eigenvalue weighted by atomic mass is 10.1. The van der Waals surface area contributed by atoms with Crippen molar-refractivity contribution in [1.29, 1.82) is 0 Å². The Bertz CT molecular complexity index is 463. The first-order valence-corrected chi connectivity index (χ1v) is 7.66. The monoisotopic (exact) mass is 310 g/mol. The molecule has 116 valence electrons. The Morgan fingerprint density at radius 3 is 2.76 bits per heavy atom. The minimum atomic E-state index is 0.514. The average Bonchev–Trinajstić information content (AvgIpc) is 2.48. The highest BCUT2D eigenvalue weighted by molar-refractivity contribution is 6.18. The van der Waals surface area contributed by atoms with Gasteiger partial charge in [-0.05, 0) is 31.0 Å². The lowest BCUT2D eigenvalue weighted by Crippen LogP contribution is -2.09. The second kappa shape index (κ2) is 11.4. The highest BCUT2D eigenvalue weighted by Crippen LogP contribution is 2.19. The fraction of sp³-hybridized carbons (Fsp3) is 0.529. The van der Waals surface area contributed by atoms with Gasteiger partial charge in [-0.25, -0.2) is 0 Å². The second-order valence-electron chi connectivity index (χ2n) is 4.55. The minimum absolute atomic E-state index is 0.514. The summed E-state index contributed by atoms with van der Waals surface area (Å²) >= 11 is 5.63. The van der Waals surface area contributed by atoms with Crippen molar-refractivity contribution in [2.24, 2.45) is 0 Å². The van der Waals surface area contributed by atoms with Gasteiger partial charge in [-0.15, -0.1) is 11.6 Å². The molecule has 0 fully saturated rings. The van der Waals surface area contributed by atoms with E-state index in [-0.39, 0.29) is 0 Å². The number of hydrogen-bond donors (Lipinski definition) is 0. The van der Waals surface area contributed by atoms with E-state index in [1.165, 1.54) is 0 Å². The van der Waals surface area contributed by atoms with Gasteiger partial charge < -0.3 is 14.2 Å². The Morgan fingerprint density at radius 2 is 2.00 bits per heavy atom. The SMILES string of the molecule is COCCCOCCOc1ccc(C)cc1C#CCCCl. The zero-order valence-corrected chi connectivity index (χ0v) is 13.5. The third kappa shape index (κ3) is 7.96. The quantitative estimate of drug-likeness (QED) is 0.397. The number of alkyl halides is 1. The summed E-state index contributed by atoms with van der Waals surface area (Å²) in [7, 11) is 1.69. The van der Waals surface area contributed by atoms with Gasteiger partial charge in [0.05, 0.1) is 12.2 Å². The Kier molecular flexibility index (Phi) is 9.73. The van der Waals surface area contributed by atoms with E-state index in [0.717, 1.165) is 29.9 Å². The van der Waals surface area contributed by atoms with Gasteiger partial charge in [-0.1, -0.05) is 17.9 Å². The molecule has 0 spiro atoms. The lowest BCUT2D eigenvalue weighted by molar-refractivity contribution is 0.0806. The topological polar surface area (TPSA) is 27.7 Å². The fourth-order valence-electron chi connectivity index (χ4n) is 1.69. The summed E-state index contributed by atoms with van der Waals surface area (Å²) in [6.07, 6.45) is 1.58. The average molecular weight is 311 g/mol. The lowest BCUT2D eigenvalue weighted by Gasteiger charge is -2.09. The van der Waals surface area contributed by atoms with Crippen molar-refractivity contribution in [3.8, 4) is 17.6 Å². The van der Waals surface area contributed by atoms with Gasteiger partial charge in [0.2, 0.25) is 0 Å². The zero-order chi connectivity index (χ0) is 15.3. The molecule has 0 aliphatic carbocycles. The van der Waals surface area contributed by atoms with Crippen molar-refractivity contribution < 1.29 is 14.2 Å². The van der Waals surface area contributed by atoms with E-state index in [2.05, 4.69) is 11.8 Å². The van der Waals surface area contributed by atoms with Gasteiger partial charge >= 0.3 is 0 Å². The molecule has 0 aliphatic heterocycles. The summed E-state index contributed by atoms with van der Waals surface area (Å²) < 4.78 is 16.2. The van der Waals surface area contributed by atoms with Crippen molar-refractivity contribution in [3.63, 3.8) is 0 Å². The molecule has 0 bridgehead atoms. The van der Waals surface area contributed by atoms with Crippen molar-refractivity contribution >= 4 is 11.6 Å². The van der Waals surface area contributed by atoms with Gasteiger partial charge in [-0.3, -0.25) is 0 Å². The standard InChI is InChI=1S/C17H23ClO3/c1-15-7-8-17(16(14-15)6-3-4-9-18)21-13-12-20-11-5-10-19-2/h7-8,14H,4-5,9-13H2,1-2H3. The van der Waals surface area contributed by atoms with Crippen LogP contribution in [0.1, 0.15) is 24.0 Å². The molecular weight excluding hydrogens is 288 g/mol. The molecule has 0 aliphatic rings.